The number of aliphatic hydroxyl groups is 1. The highest BCUT2D eigenvalue weighted by Crippen LogP contribution is 2.37. The number of aromatic nitrogens is 2. The lowest BCUT2D eigenvalue weighted by atomic mass is 10.3. The minimum absolute atomic E-state index is 0.0699. The molecular formula is C11H10N2O6. The van der Waals surface area contributed by atoms with E-state index in [0.717, 1.165) is 10.8 Å². The van der Waals surface area contributed by atoms with Gasteiger partial charge in [0.2, 0.25) is 11.5 Å². The maximum atomic E-state index is 11.6. The average molecular weight is 266 g/mol. The van der Waals surface area contributed by atoms with Gasteiger partial charge in [0.1, 0.15) is 6.61 Å². The highest BCUT2D eigenvalue weighted by molar-refractivity contribution is 5.52. The fourth-order valence-electron chi connectivity index (χ4n) is 1.50. The highest BCUT2D eigenvalue weighted by Gasteiger charge is 2.21. The van der Waals surface area contributed by atoms with E-state index >= 15 is 0 Å². The van der Waals surface area contributed by atoms with Crippen molar-refractivity contribution in [3.05, 3.63) is 44.9 Å². The molecule has 2 aromatic rings. The monoisotopic (exact) mass is 266 g/mol. The Morgan fingerprint density at radius 3 is 2.58 bits per heavy atom. The first-order chi connectivity index (χ1) is 8.99. The van der Waals surface area contributed by atoms with Crippen LogP contribution in [-0.2, 0) is 6.61 Å². The molecule has 4 N–H and O–H groups in total. The third-order valence-corrected chi connectivity index (χ3v) is 2.46. The van der Waals surface area contributed by atoms with Gasteiger partial charge in [0.25, 0.3) is 11.4 Å². The van der Waals surface area contributed by atoms with Crippen molar-refractivity contribution in [1.29, 1.82) is 0 Å². The van der Waals surface area contributed by atoms with Gasteiger partial charge < -0.3 is 19.7 Å². The Kier molecular flexibility index (Phi) is 3.01. The molecule has 19 heavy (non-hydrogen) atoms. The van der Waals surface area contributed by atoms with Crippen molar-refractivity contribution >= 4 is 6.08 Å². The first-order valence-electron chi connectivity index (χ1n) is 5.12. The van der Waals surface area contributed by atoms with E-state index in [0.29, 0.717) is 0 Å². The van der Waals surface area contributed by atoms with Crippen LogP contribution < -0.4 is 11.2 Å². The molecular weight excluding hydrogens is 256 g/mol. The van der Waals surface area contributed by atoms with Gasteiger partial charge in [-0.25, -0.2) is 9.36 Å². The zero-order valence-electron chi connectivity index (χ0n) is 9.58. The second kappa shape index (κ2) is 4.50. The number of H-pyrrole nitrogens is 1. The Morgan fingerprint density at radius 2 is 2.05 bits per heavy atom. The molecule has 0 bridgehead atoms. The summed E-state index contributed by atoms with van der Waals surface area (Å²) in [7, 11) is 0. The summed E-state index contributed by atoms with van der Waals surface area (Å²) in [5.74, 6) is -2.10. The van der Waals surface area contributed by atoms with Crippen LogP contribution in [0.4, 0.5) is 0 Å². The van der Waals surface area contributed by atoms with Gasteiger partial charge in [-0.1, -0.05) is 12.7 Å². The average Bonchev–Trinajstić information content (AvgIpc) is 2.67. The van der Waals surface area contributed by atoms with Gasteiger partial charge in [0.05, 0.1) is 5.56 Å². The van der Waals surface area contributed by atoms with Gasteiger partial charge in [-0.2, -0.15) is 0 Å². The molecule has 0 saturated heterocycles. The molecule has 2 rings (SSSR count). The molecule has 2 heterocycles. The van der Waals surface area contributed by atoms with Crippen LogP contribution in [-0.4, -0.2) is 24.9 Å². The summed E-state index contributed by atoms with van der Waals surface area (Å²) in [4.78, 5) is 25.0. The van der Waals surface area contributed by atoms with E-state index in [1.165, 1.54) is 6.08 Å². The number of aromatic amines is 1. The highest BCUT2D eigenvalue weighted by atomic mass is 16.4. The molecule has 100 valence electrons. The molecule has 2 aromatic heterocycles. The number of rotatable bonds is 3. The Labute approximate surface area is 105 Å². The van der Waals surface area contributed by atoms with E-state index in [9.17, 15) is 19.8 Å². The topological polar surface area (TPSA) is 129 Å². The first-order valence-corrected chi connectivity index (χ1v) is 5.12. The fourth-order valence-corrected chi connectivity index (χ4v) is 1.50. The third-order valence-electron chi connectivity index (χ3n) is 2.46. The van der Waals surface area contributed by atoms with Crippen molar-refractivity contribution in [2.24, 2.45) is 0 Å². The molecule has 0 atom stereocenters. The maximum absolute atomic E-state index is 11.6. The predicted octanol–water partition coefficient (Wildman–Crippen LogP) is -0.335. The van der Waals surface area contributed by atoms with Crippen LogP contribution in [0.3, 0.4) is 0 Å². The van der Waals surface area contributed by atoms with Crippen LogP contribution in [0.2, 0.25) is 0 Å². The molecule has 0 aliphatic carbocycles. The molecule has 0 radical (unpaired) electrons. The number of nitrogens with zero attached hydrogens (tertiary/aromatic N) is 1. The summed E-state index contributed by atoms with van der Waals surface area (Å²) >= 11 is 0. The molecule has 8 nitrogen and oxygen atoms in total. The van der Waals surface area contributed by atoms with Crippen LogP contribution in [0.25, 0.3) is 12.0 Å². The molecule has 0 aliphatic heterocycles. The quantitative estimate of drug-likeness (QED) is 0.601. The number of hydrogen-bond donors (Lipinski definition) is 4. The second-order valence-corrected chi connectivity index (χ2v) is 3.60. The van der Waals surface area contributed by atoms with Gasteiger partial charge in [-0.05, 0) is 0 Å². The first kappa shape index (κ1) is 12.7. The van der Waals surface area contributed by atoms with E-state index in [1.54, 1.807) is 0 Å². The summed E-state index contributed by atoms with van der Waals surface area (Å²) in [5.41, 5.74) is -1.45. The summed E-state index contributed by atoms with van der Waals surface area (Å²) in [6.45, 7) is 2.74. The fraction of sp³-hybridized carbons (Fsp3) is 0.0909. The largest absolute Gasteiger partial charge is 0.502 e. The van der Waals surface area contributed by atoms with Crippen molar-refractivity contribution in [3.8, 4) is 17.4 Å². The Bertz CT molecular complexity index is 752. The van der Waals surface area contributed by atoms with Gasteiger partial charge in [0.15, 0.2) is 5.76 Å². The SMILES string of the molecule is C=Cc1cn(-c2oc(CO)c(O)c2O)c(=O)[nH]c1=O. The van der Waals surface area contributed by atoms with E-state index in [-0.39, 0.29) is 11.3 Å². The molecule has 0 spiro atoms. The third kappa shape index (κ3) is 1.93. The van der Waals surface area contributed by atoms with E-state index in [4.69, 9.17) is 9.52 Å². The zero-order chi connectivity index (χ0) is 14.2. The number of nitrogens with one attached hydrogen (secondary N) is 1. The summed E-state index contributed by atoms with van der Waals surface area (Å²) < 4.78 is 5.74. The van der Waals surface area contributed by atoms with Crippen molar-refractivity contribution in [1.82, 2.24) is 9.55 Å². The lowest BCUT2D eigenvalue weighted by Crippen LogP contribution is -2.29. The van der Waals surface area contributed by atoms with E-state index < -0.39 is 35.2 Å². The number of aliphatic hydroxyl groups excluding tert-OH is 1. The molecule has 0 fully saturated rings. The van der Waals surface area contributed by atoms with Crippen LogP contribution >= 0.6 is 0 Å². The van der Waals surface area contributed by atoms with Gasteiger partial charge >= 0.3 is 5.69 Å². The standard InChI is InChI=1S/C11H10N2O6/c1-2-5-3-13(11(18)12-9(5)17)10-8(16)7(15)6(4-14)19-10/h2-3,14-16H,1,4H2,(H,12,17,18). The molecule has 0 saturated carbocycles. The summed E-state index contributed by atoms with van der Waals surface area (Å²) in [5, 5.41) is 28.0. The Morgan fingerprint density at radius 1 is 1.37 bits per heavy atom. The minimum Gasteiger partial charge on any atom is -0.502 e. The van der Waals surface area contributed by atoms with E-state index in [1.807, 2.05) is 4.98 Å². The summed E-state index contributed by atoms with van der Waals surface area (Å²) in [6, 6.07) is 0. The smallest absolute Gasteiger partial charge is 0.335 e. The molecule has 0 amide bonds. The van der Waals surface area contributed by atoms with Gasteiger partial charge in [-0.15, -0.1) is 0 Å². The van der Waals surface area contributed by atoms with Gasteiger partial charge in [0, 0.05) is 6.20 Å². The van der Waals surface area contributed by atoms with Crippen LogP contribution in [0.5, 0.6) is 11.5 Å². The molecule has 0 aliphatic rings. The lowest BCUT2D eigenvalue weighted by Gasteiger charge is -2.02. The van der Waals surface area contributed by atoms with Crippen LogP contribution in [0.1, 0.15) is 11.3 Å². The van der Waals surface area contributed by atoms with Crippen molar-refractivity contribution < 1.29 is 19.7 Å². The van der Waals surface area contributed by atoms with Crippen LogP contribution in [0, 0.1) is 0 Å². The van der Waals surface area contributed by atoms with E-state index in [2.05, 4.69) is 6.58 Å². The number of furan rings is 1. The Hall–Kier alpha value is -2.74. The number of aromatic hydroxyl groups is 2. The predicted molar refractivity (Wildman–Crippen MR) is 64.3 cm³/mol. The van der Waals surface area contributed by atoms with Crippen molar-refractivity contribution in [2.75, 3.05) is 0 Å². The lowest BCUT2D eigenvalue weighted by molar-refractivity contribution is 0.238. The second-order valence-electron chi connectivity index (χ2n) is 3.60. The van der Waals surface area contributed by atoms with Crippen molar-refractivity contribution in [3.63, 3.8) is 0 Å². The zero-order valence-corrected chi connectivity index (χ0v) is 9.58. The Balaban J connectivity index is 2.75. The minimum atomic E-state index is -0.871. The summed E-state index contributed by atoms with van der Waals surface area (Å²) in [6.07, 6.45) is 2.30. The van der Waals surface area contributed by atoms with Crippen molar-refractivity contribution in [2.45, 2.75) is 6.61 Å². The molecule has 8 heteroatoms. The van der Waals surface area contributed by atoms with Crippen LogP contribution in [0.15, 0.2) is 26.8 Å². The normalized spacial score (nSPS) is 10.6. The maximum Gasteiger partial charge on any atom is 0.335 e. The number of hydrogen-bond acceptors (Lipinski definition) is 6. The molecule has 0 unspecified atom stereocenters. The van der Waals surface area contributed by atoms with Gasteiger partial charge in [-0.3, -0.25) is 9.78 Å². The molecule has 0 aromatic carbocycles.